The van der Waals surface area contributed by atoms with Crippen LogP contribution in [0.2, 0.25) is 0 Å². The van der Waals surface area contributed by atoms with E-state index in [-0.39, 0.29) is 24.7 Å². The van der Waals surface area contributed by atoms with Crippen LogP contribution in [0.3, 0.4) is 0 Å². The van der Waals surface area contributed by atoms with Crippen molar-refractivity contribution in [3.63, 3.8) is 0 Å². The summed E-state index contributed by atoms with van der Waals surface area (Å²) in [7, 11) is 0. The average molecular weight is 302 g/mol. The van der Waals surface area contributed by atoms with Gasteiger partial charge in [0, 0.05) is 0 Å². The molecule has 0 aliphatic heterocycles. The Morgan fingerprint density at radius 1 is 1.18 bits per heavy atom. The smallest absolute Gasteiger partial charge is 0.315 e. The van der Waals surface area contributed by atoms with Gasteiger partial charge in [0.15, 0.2) is 0 Å². The maximum absolute atomic E-state index is 12.0. The van der Waals surface area contributed by atoms with Gasteiger partial charge in [-0.3, -0.25) is 0 Å². The number of rotatable bonds is 6. The molecule has 5 nitrogen and oxygen atoms in total. The van der Waals surface area contributed by atoms with E-state index in [4.69, 9.17) is 4.42 Å². The highest BCUT2D eigenvalue weighted by atomic mass is 16.3. The van der Waals surface area contributed by atoms with Gasteiger partial charge in [0.25, 0.3) is 0 Å². The first-order valence-corrected chi connectivity index (χ1v) is 7.36. The number of carbonyl (C=O) groups excluding carboxylic acids is 1. The van der Waals surface area contributed by atoms with Gasteiger partial charge >= 0.3 is 6.03 Å². The number of nitrogens with one attached hydrogen (secondary N) is 2. The topological polar surface area (TPSA) is 74.5 Å². The van der Waals surface area contributed by atoms with Crippen LogP contribution in [-0.2, 0) is 6.42 Å². The van der Waals surface area contributed by atoms with Gasteiger partial charge < -0.3 is 20.2 Å². The first kappa shape index (κ1) is 16.1. The Morgan fingerprint density at radius 3 is 2.50 bits per heavy atom. The second-order valence-corrected chi connectivity index (χ2v) is 5.36. The number of hydrogen-bond donors (Lipinski definition) is 3. The van der Waals surface area contributed by atoms with Gasteiger partial charge in [-0.2, -0.15) is 0 Å². The van der Waals surface area contributed by atoms with Crippen molar-refractivity contribution in [1.82, 2.24) is 10.6 Å². The van der Waals surface area contributed by atoms with E-state index in [1.807, 2.05) is 56.3 Å². The standard InChI is InChI=1S/C17H22N2O3/c1-12-8-9-16(22-12)13(2)18-17(21)19-15(11-20)10-14-6-4-3-5-7-14/h3-9,13,15,20H,10-11H2,1-2H3,(H2,18,19,21)/t13-,15+/m1/s1. The van der Waals surface area contributed by atoms with E-state index in [1.165, 1.54) is 0 Å². The largest absolute Gasteiger partial charge is 0.464 e. The summed E-state index contributed by atoms with van der Waals surface area (Å²) in [5.41, 5.74) is 1.07. The molecule has 5 heteroatoms. The predicted octanol–water partition coefficient (Wildman–Crippen LogP) is 2.55. The van der Waals surface area contributed by atoms with Crippen molar-refractivity contribution in [3.8, 4) is 0 Å². The maximum Gasteiger partial charge on any atom is 0.315 e. The zero-order valence-electron chi connectivity index (χ0n) is 12.9. The molecule has 3 N–H and O–H groups in total. The van der Waals surface area contributed by atoms with Crippen molar-refractivity contribution in [3.05, 3.63) is 59.5 Å². The molecule has 1 aromatic heterocycles. The second kappa shape index (κ2) is 7.66. The van der Waals surface area contributed by atoms with Crippen LogP contribution in [0.25, 0.3) is 0 Å². The third-order valence-electron chi connectivity index (χ3n) is 3.42. The number of aliphatic hydroxyl groups excluding tert-OH is 1. The molecule has 118 valence electrons. The predicted molar refractivity (Wildman–Crippen MR) is 84.5 cm³/mol. The summed E-state index contributed by atoms with van der Waals surface area (Å²) in [4.78, 5) is 12.0. The summed E-state index contributed by atoms with van der Waals surface area (Å²) >= 11 is 0. The molecule has 0 radical (unpaired) electrons. The van der Waals surface area contributed by atoms with Gasteiger partial charge in [-0.05, 0) is 38.0 Å². The molecule has 0 spiro atoms. The quantitative estimate of drug-likeness (QED) is 0.767. The normalized spacial score (nSPS) is 13.4. The molecule has 2 atom stereocenters. The molecule has 2 aromatic rings. The molecule has 0 saturated carbocycles. The Labute approximate surface area is 130 Å². The highest BCUT2D eigenvalue weighted by molar-refractivity contribution is 5.74. The van der Waals surface area contributed by atoms with Gasteiger partial charge in [-0.25, -0.2) is 4.79 Å². The molecule has 1 heterocycles. The van der Waals surface area contributed by atoms with Crippen LogP contribution in [0.15, 0.2) is 46.9 Å². The Morgan fingerprint density at radius 2 is 1.91 bits per heavy atom. The maximum atomic E-state index is 12.0. The van der Waals surface area contributed by atoms with Gasteiger partial charge in [0.2, 0.25) is 0 Å². The van der Waals surface area contributed by atoms with E-state index in [2.05, 4.69) is 10.6 Å². The summed E-state index contributed by atoms with van der Waals surface area (Å²) in [6.07, 6.45) is 0.582. The Balaban J connectivity index is 1.86. The molecular formula is C17H22N2O3. The first-order valence-electron chi connectivity index (χ1n) is 7.36. The van der Waals surface area contributed by atoms with E-state index in [1.54, 1.807) is 0 Å². The number of aliphatic hydroxyl groups is 1. The summed E-state index contributed by atoms with van der Waals surface area (Å²) in [6.45, 7) is 3.59. The van der Waals surface area contributed by atoms with E-state index in [0.29, 0.717) is 12.2 Å². The lowest BCUT2D eigenvalue weighted by molar-refractivity contribution is 0.212. The number of benzene rings is 1. The number of amides is 2. The zero-order chi connectivity index (χ0) is 15.9. The lowest BCUT2D eigenvalue weighted by Crippen LogP contribution is -2.45. The Bertz CT molecular complexity index is 595. The number of hydrogen-bond acceptors (Lipinski definition) is 3. The fourth-order valence-electron chi connectivity index (χ4n) is 2.24. The minimum absolute atomic E-state index is 0.115. The molecule has 2 amide bonds. The lowest BCUT2D eigenvalue weighted by Gasteiger charge is -2.19. The molecular weight excluding hydrogens is 280 g/mol. The van der Waals surface area contributed by atoms with Crippen molar-refractivity contribution >= 4 is 6.03 Å². The average Bonchev–Trinajstić information content (AvgIpc) is 2.94. The van der Waals surface area contributed by atoms with Crippen molar-refractivity contribution in [2.45, 2.75) is 32.4 Å². The second-order valence-electron chi connectivity index (χ2n) is 5.36. The minimum atomic E-state index is -0.326. The van der Waals surface area contributed by atoms with Crippen LogP contribution in [0.1, 0.15) is 30.0 Å². The SMILES string of the molecule is Cc1ccc([C@@H](C)NC(=O)N[C@H](CO)Cc2ccccc2)o1. The van der Waals surface area contributed by atoms with E-state index >= 15 is 0 Å². The molecule has 0 saturated heterocycles. The number of aryl methyl sites for hydroxylation is 1. The van der Waals surface area contributed by atoms with Crippen molar-refractivity contribution in [1.29, 1.82) is 0 Å². The summed E-state index contributed by atoms with van der Waals surface area (Å²) < 4.78 is 5.48. The summed E-state index contributed by atoms with van der Waals surface area (Å²) in [5, 5.41) is 15.0. The number of carbonyl (C=O) groups is 1. The van der Waals surface area contributed by atoms with E-state index in [9.17, 15) is 9.90 Å². The van der Waals surface area contributed by atoms with Gasteiger partial charge in [0.1, 0.15) is 11.5 Å². The number of urea groups is 1. The molecule has 1 aromatic carbocycles. The first-order chi connectivity index (χ1) is 10.6. The van der Waals surface area contributed by atoms with Crippen LogP contribution in [0.5, 0.6) is 0 Å². The van der Waals surface area contributed by atoms with E-state index in [0.717, 1.165) is 11.3 Å². The highest BCUT2D eigenvalue weighted by Crippen LogP contribution is 2.15. The monoisotopic (exact) mass is 302 g/mol. The molecule has 0 bridgehead atoms. The molecule has 2 rings (SSSR count). The minimum Gasteiger partial charge on any atom is -0.464 e. The molecule has 0 aliphatic carbocycles. The molecule has 0 unspecified atom stereocenters. The Hall–Kier alpha value is -2.27. The van der Waals surface area contributed by atoms with Crippen LogP contribution in [0.4, 0.5) is 4.79 Å². The van der Waals surface area contributed by atoms with Crippen LogP contribution in [-0.4, -0.2) is 23.8 Å². The van der Waals surface area contributed by atoms with Crippen LogP contribution >= 0.6 is 0 Å². The third-order valence-corrected chi connectivity index (χ3v) is 3.42. The Kier molecular flexibility index (Phi) is 5.61. The van der Waals surface area contributed by atoms with E-state index < -0.39 is 0 Å². The van der Waals surface area contributed by atoms with Gasteiger partial charge in [-0.1, -0.05) is 30.3 Å². The zero-order valence-corrected chi connectivity index (χ0v) is 12.9. The molecule has 22 heavy (non-hydrogen) atoms. The third kappa shape index (κ3) is 4.63. The number of furan rings is 1. The summed E-state index contributed by atoms with van der Waals surface area (Å²) in [6, 6.07) is 12.6. The van der Waals surface area contributed by atoms with Crippen molar-refractivity contribution in [2.75, 3.05) is 6.61 Å². The van der Waals surface area contributed by atoms with Crippen LogP contribution < -0.4 is 10.6 Å². The molecule has 0 fully saturated rings. The lowest BCUT2D eigenvalue weighted by atomic mass is 10.1. The van der Waals surface area contributed by atoms with Gasteiger partial charge in [0.05, 0.1) is 18.7 Å². The summed E-state index contributed by atoms with van der Waals surface area (Å²) in [5.74, 6) is 1.51. The fourth-order valence-corrected chi connectivity index (χ4v) is 2.24. The van der Waals surface area contributed by atoms with Gasteiger partial charge in [-0.15, -0.1) is 0 Å². The fraction of sp³-hybridized carbons (Fsp3) is 0.353. The highest BCUT2D eigenvalue weighted by Gasteiger charge is 2.16. The van der Waals surface area contributed by atoms with Crippen LogP contribution in [0, 0.1) is 6.92 Å². The van der Waals surface area contributed by atoms with Crippen molar-refractivity contribution < 1.29 is 14.3 Å². The van der Waals surface area contributed by atoms with Crippen molar-refractivity contribution in [2.24, 2.45) is 0 Å². The molecule has 0 aliphatic rings.